The molecule has 0 aromatic carbocycles. The van der Waals surface area contributed by atoms with E-state index >= 15 is 19.2 Å². The van der Waals surface area contributed by atoms with Crippen LogP contribution in [0.25, 0.3) is 0 Å². The molecule has 0 aliphatic carbocycles. The van der Waals surface area contributed by atoms with Crippen LogP contribution < -0.4 is 21.3 Å². The molecule has 1 rings (SSSR count). The molecule has 1 heterocycles. The number of nitrogens with one attached hydrogen (secondary N) is 4. The summed E-state index contributed by atoms with van der Waals surface area (Å²) in [7, 11) is 9.60. The summed E-state index contributed by atoms with van der Waals surface area (Å²) in [4.78, 5) is 196. The van der Waals surface area contributed by atoms with Gasteiger partial charge in [-0.3, -0.25) is 62.3 Å². The Hall–Kier alpha value is -6.77. The van der Waals surface area contributed by atoms with Crippen LogP contribution in [0.15, 0.2) is 0 Å². The monoisotopic (exact) mass is 1350 g/mol. The van der Waals surface area contributed by atoms with Gasteiger partial charge in [-0.15, -0.1) is 0 Å². The third kappa shape index (κ3) is 24.7. The number of amides is 12. The van der Waals surface area contributed by atoms with Crippen molar-refractivity contribution in [1.82, 2.24) is 60.5 Å². The molecule has 1 aliphatic heterocycles. The Bertz CT molecular complexity index is 2650. The van der Waals surface area contributed by atoms with Crippen molar-refractivity contribution in [2.24, 2.45) is 41.4 Å². The largest absolute Gasteiger partial charge is 0.391 e. The second-order valence-electron chi connectivity index (χ2n) is 29.0. The molecule has 27 heteroatoms. The Labute approximate surface area is 566 Å². The van der Waals surface area contributed by atoms with Crippen LogP contribution in [-0.2, 0) is 62.3 Å². The average Bonchev–Trinajstić information content (AvgIpc) is 0.808. The number of carbonyl (C=O) groups is 13. The van der Waals surface area contributed by atoms with Crippen molar-refractivity contribution < 1.29 is 72.5 Å². The van der Waals surface area contributed by atoms with E-state index in [0.717, 1.165) is 9.80 Å². The summed E-state index contributed by atoms with van der Waals surface area (Å²) in [5, 5.41) is 35.1. The lowest BCUT2D eigenvalue weighted by Crippen LogP contribution is -2.63. The number of aliphatic hydroxyl groups excluding tert-OH is 2. The molecule has 27 nitrogen and oxygen atoms in total. The molecule has 1 fully saturated rings. The number of Topliss-reactive ketones (excluding diaryl/α,β-unsaturated/α-hetero) is 1. The van der Waals surface area contributed by atoms with E-state index in [2.05, 4.69) is 21.3 Å². The van der Waals surface area contributed by atoms with E-state index in [1.54, 1.807) is 41.5 Å². The molecular formula is C68H122N12O15. The van der Waals surface area contributed by atoms with Crippen LogP contribution in [0.5, 0.6) is 0 Å². The number of aliphatic hydroxyl groups is 2. The highest BCUT2D eigenvalue weighted by Crippen LogP contribution is 2.27. The fourth-order valence-corrected chi connectivity index (χ4v) is 12.0. The SMILES string of the molecule is CC[C@H]1NC(=O)C([C@@H](O)[C@@H](C)CC(O)C(C)N(CCC(C)=O)C(C)=O)N(C)C(=O)[C@@H](C(C)C)N(C)C(=O)[C@@H](CC(C)C)N(C)C(=O)[C@@H](CC(C)C)N(C)C(=O)[C@@H](C)NC(=O)[C@@H](C)NC(=O)[C@@H](CC(C)C)N(C)C(=O)[C@@H](C(C)C)NC(=O)[C@@H](CC(C)C)N(C)C(=O)CN(C)C1=O. The number of hydrogen-bond acceptors (Lipinski definition) is 15. The normalized spacial score (nSPS) is 25.8. The second-order valence-corrected chi connectivity index (χ2v) is 29.0. The summed E-state index contributed by atoms with van der Waals surface area (Å²) >= 11 is 0. The first-order valence-corrected chi connectivity index (χ1v) is 33.9. The zero-order valence-electron chi connectivity index (χ0n) is 62.2. The molecule has 1 saturated heterocycles. The smallest absolute Gasteiger partial charge is 0.246 e. The van der Waals surface area contributed by atoms with Crippen LogP contribution in [0.3, 0.4) is 0 Å². The van der Waals surface area contributed by atoms with E-state index in [0.29, 0.717) is 0 Å². The first-order valence-electron chi connectivity index (χ1n) is 33.9. The molecule has 0 saturated carbocycles. The maximum absolute atomic E-state index is 15.4. The summed E-state index contributed by atoms with van der Waals surface area (Å²) in [6.07, 6.45) is -3.03. The third-order valence-electron chi connectivity index (χ3n) is 18.1. The highest BCUT2D eigenvalue weighted by molar-refractivity contribution is 5.99. The standard InChI is InChI=1S/C68H122N12O15/c1-27-48-64(91)73(20)35-54(84)74(21)49(30-36(2)3)61(88)72-55(40(10)11)67(94)75(22)50(31-37(4)5)60(87)69-44(16)59(86)70-45(17)63(90)76(23)51(32-38(6)7)65(92)77(24)52(33-39(8)9)66(93)78(25)56(41(12)13)68(95)79(26)57(62(89)71-48)58(85)42(14)34-53(83)46(18)80(47(19)82)29-28-43(15)81/h36-42,44-46,48-53,55-58,83,85H,27-35H2,1-26H3,(H,69,87)(H,70,86)(H,71,89)(H,72,88)/t42-,44+,45+,46?,48+,49+,50+,51+,52+,53?,55+,56+,57?,58-/m0/s1. The molecule has 3 unspecified atom stereocenters. The second kappa shape index (κ2) is 38.8. The van der Waals surface area contributed by atoms with E-state index in [9.17, 15) is 53.4 Å². The van der Waals surface area contributed by atoms with Gasteiger partial charge in [-0.2, -0.15) is 0 Å². The van der Waals surface area contributed by atoms with Crippen LogP contribution >= 0.6 is 0 Å². The van der Waals surface area contributed by atoms with Gasteiger partial charge in [-0.05, 0) is 108 Å². The van der Waals surface area contributed by atoms with E-state index in [1.165, 1.54) is 113 Å². The van der Waals surface area contributed by atoms with Gasteiger partial charge in [0.1, 0.15) is 66.2 Å². The lowest BCUT2D eigenvalue weighted by atomic mass is 9.88. The van der Waals surface area contributed by atoms with Crippen molar-refractivity contribution in [2.75, 3.05) is 62.4 Å². The minimum Gasteiger partial charge on any atom is -0.391 e. The topological polar surface area (TPSA) is 336 Å². The molecule has 14 atom stereocenters. The number of likely N-dealkylation sites (N-methyl/N-ethyl adjacent to an activating group) is 7. The van der Waals surface area contributed by atoms with Gasteiger partial charge < -0.3 is 70.7 Å². The summed E-state index contributed by atoms with van der Waals surface area (Å²) in [6.45, 7) is 31.0. The van der Waals surface area contributed by atoms with Gasteiger partial charge in [0.15, 0.2) is 0 Å². The molecule has 12 amide bonds. The zero-order chi connectivity index (χ0) is 73.9. The van der Waals surface area contributed by atoms with Crippen molar-refractivity contribution >= 4 is 76.7 Å². The number of nitrogens with zero attached hydrogens (tertiary/aromatic N) is 8. The average molecular weight is 1350 g/mol. The van der Waals surface area contributed by atoms with Gasteiger partial charge in [0.05, 0.1) is 24.8 Å². The van der Waals surface area contributed by atoms with Crippen molar-refractivity contribution in [2.45, 2.75) is 255 Å². The first-order chi connectivity index (χ1) is 43.7. The Morgan fingerprint density at radius 3 is 1.35 bits per heavy atom. The Kier molecular flexibility index (Phi) is 35.3. The first kappa shape index (κ1) is 86.2. The Morgan fingerprint density at radius 1 is 0.484 bits per heavy atom. The highest BCUT2D eigenvalue weighted by Gasteiger charge is 2.46. The summed E-state index contributed by atoms with van der Waals surface area (Å²) in [5.41, 5.74) is 0. The van der Waals surface area contributed by atoms with Crippen molar-refractivity contribution in [3.05, 3.63) is 0 Å². The van der Waals surface area contributed by atoms with E-state index in [4.69, 9.17) is 0 Å². The van der Waals surface area contributed by atoms with E-state index < -0.39 is 174 Å². The van der Waals surface area contributed by atoms with Gasteiger partial charge >= 0.3 is 0 Å². The fourth-order valence-electron chi connectivity index (χ4n) is 12.0. The Balaban J connectivity index is 4.44. The third-order valence-corrected chi connectivity index (χ3v) is 18.1. The van der Waals surface area contributed by atoms with Crippen LogP contribution in [0, 0.1) is 41.4 Å². The van der Waals surface area contributed by atoms with E-state index in [1.807, 2.05) is 55.4 Å². The van der Waals surface area contributed by atoms with Crippen LogP contribution in [0.4, 0.5) is 0 Å². The quantitative estimate of drug-likeness (QED) is 0.102. The summed E-state index contributed by atoms with van der Waals surface area (Å²) in [5.74, 6) is -11.8. The fraction of sp³-hybridized carbons (Fsp3) is 0.809. The minimum absolute atomic E-state index is 0.000539. The van der Waals surface area contributed by atoms with Gasteiger partial charge in [0, 0.05) is 69.2 Å². The van der Waals surface area contributed by atoms with Crippen molar-refractivity contribution in [3.63, 3.8) is 0 Å². The summed E-state index contributed by atoms with van der Waals surface area (Å²) < 4.78 is 0. The van der Waals surface area contributed by atoms with Crippen LogP contribution in [0.1, 0.15) is 176 Å². The number of carbonyl (C=O) groups excluding carboxylic acids is 13. The van der Waals surface area contributed by atoms with Crippen molar-refractivity contribution in [3.8, 4) is 0 Å². The molecule has 95 heavy (non-hydrogen) atoms. The predicted octanol–water partition coefficient (Wildman–Crippen LogP) is 2.27. The lowest BCUT2D eigenvalue weighted by Gasteiger charge is -2.42. The van der Waals surface area contributed by atoms with Crippen LogP contribution in [-0.4, -0.2) is 267 Å². The van der Waals surface area contributed by atoms with Gasteiger partial charge in [0.25, 0.3) is 0 Å². The molecule has 544 valence electrons. The molecule has 1 aliphatic rings. The van der Waals surface area contributed by atoms with Gasteiger partial charge in [-0.1, -0.05) is 96.9 Å². The van der Waals surface area contributed by atoms with Gasteiger partial charge in [0.2, 0.25) is 70.9 Å². The maximum Gasteiger partial charge on any atom is 0.246 e. The molecule has 0 bridgehead atoms. The maximum atomic E-state index is 15.4. The molecule has 0 aromatic heterocycles. The number of rotatable bonds is 20. The van der Waals surface area contributed by atoms with Crippen molar-refractivity contribution in [1.29, 1.82) is 0 Å². The number of ketones is 1. The molecule has 0 radical (unpaired) electrons. The van der Waals surface area contributed by atoms with E-state index in [-0.39, 0.29) is 80.9 Å². The predicted molar refractivity (Wildman–Crippen MR) is 362 cm³/mol. The highest BCUT2D eigenvalue weighted by atomic mass is 16.3. The lowest BCUT2D eigenvalue weighted by molar-refractivity contribution is -0.157. The Morgan fingerprint density at radius 2 is 0.905 bits per heavy atom. The molecule has 0 aromatic rings. The van der Waals surface area contributed by atoms with Gasteiger partial charge in [-0.25, -0.2) is 0 Å². The molecule has 0 spiro atoms. The zero-order valence-corrected chi connectivity index (χ0v) is 62.2. The van der Waals surface area contributed by atoms with Crippen LogP contribution in [0.2, 0.25) is 0 Å². The number of hydrogen-bond donors (Lipinski definition) is 6. The summed E-state index contributed by atoms with van der Waals surface area (Å²) in [6, 6.07) is -14.0. The minimum atomic E-state index is -1.85. The molecule has 6 N–H and O–H groups in total. The molecular weight excluding hydrogens is 1220 g/mol.